The van der Waals surface area contributed by atoms with Gasteiger partial charge in [-0.1, -0.05) is 62.4 Å². The van der Waals surface area contributed by atoms with E-state index in [0.29, 0.717) is 12.6 Å². The number of aliphatic hydroxyl groups excluding tert-OH is 1. The van der Waals surface area contributed by atoms with Gasteiger partial charge in [0.1, 0.15) is 18.5 Å². The molecule has 112 valence electrons. The van der Waals surface area contributed by atoms with Crippen LogP contribution in [-0.2, 0) is 0 Å². The first kappa shape index (κ1) is 15.5. The van der Waals surface area contributed by atoms with Crippen molar-refractivity contribution >= 4 is 0 Å². The summed E-state index contributed by atoms with van der Waals surface area (Å²) in [6.07, 6.45) is -0.517. The summed E-state index contributed by atoms with van der Waals surface area (Å²) in [6.45, 7) is 4.92. The van der Waals surface area contributed by atoms with Gasteiger partial charge in [-0.05, 0) is 11.6 Å². The molecule has 2 aromatic carbocycles. The second kappa shape index (κ2) is 7.81. The molecule has 2 rings (SSSR count). The summed E-state index contributed by atoms with van der Waals surface area (Å²) in [7, 11) is 0. The zero-order valence-electron chi connectivity index (χ0n) is 12.6. The molecule has 2 N–H and O–H groups in total. The highest BCUT2D eigenvalue weighted by Crippen LogP contribution is 2.29. The number of benzene rings is 2. The molecular weight excluding hydrogens is 262 g/mol. The number of nitrogens with one attached hydrogen (secondary N) is 1. The minimum atomic E-state index is -0.517. The summed E-state index contributed by atoms with van der Waals surface area (Å²) < 4.78 is 5.80. The van der Waals surface area contributed by atoms with Gasteiger partial charge in [-0.3, -0.25) is 0 Å². The molecule has 0 aliphatic rings. The van der Waals surface area contributed by atoms with E-state index < -0.39 is 6.10 Å². The second-order valence-electron chi connectivity index (χ2n) is 5.39. The molecule has 0 unspecified atom stereocenters. The number of aliphatic hydroxyl groups is 1. The molecule has 0 radical (unpaired) electrons. The molecular formula is C18H23NO2. The Bertz CT molecular complexity index is 540. The van der Waals surface area contributed by atoms with Crippen molar-refractivity contribution in [3.05, 3.63) is 54.6 Å². The predicted molar refractivity (Wildman–Crippen MR) is 86.5 cm³/mol. The van der Waals surface area contributed by atoms with Gasteiger partial charge in [0.25, 0.3) is 0 Å². The first-order valence-corrected chi connectivity index (χ1v) is 7.35. The van der Waals surface area contributed by atoms with Crippen LogP contribution < -0.4 is 10.1 Å². The minimum absolute atomic E-state index is 0.281. The van der Waals surface area contributed by atoms with E-state index in [-0.39, 0.29) is 6.61 Å². The first-order valence-electron chi connectivity index (χ1n) is 7.35. The lowest BCUT2D eigenvalue weighted by atomic mass is 10.1. The van der Waals surface area contributed by atoms with Crippen molar-refractivity contribution < 1.29 is 9.84 Å². The van der Waals surface area contributed by atoms with Crippen LogP contribution in [0, 0.1) is 0 Å². The lowest BCUT2D eigenvalue weighted by Crippen LogP contribution is -2.35. The van der Waals surface area contributed by atoms with Crippen molar-refractivity contribution in [1.82, 2.24) is 5.32 Å². The molecule has 2 aromatic rings. The summed E-state index contributed by atoms with van der Waals surface area (Å²) in [5, 5.41) is 13.1. The van der Waals surface area contributed by atoms with E-state index >= 15 is 0 Å². The molecule has 3 heteroatoms. The van der Waals surface area contributed by atoms with Gasteiger partial charge in [0.05, 0.1) is 0 Å². The van der Waals surface area contributed by atoms with E-state index in [1.165, 1.54) is 0 Å². The van der Waals surface area contributed by atoms with Gasteiger partial charge in [-0.15, -0.1) is 0 Å². The van der Waals surface area contributed by atoms with Crippen molar-refractivity contribution in [2.75, 3.05) is 13.2 Å². The van der Waals surface area contributed by atoms with E-state index in [4.69, 9.17) is 4.74 Å². The van der Waals surface area contributed by atoms with Gasteiger partial charge in [-0.2, -0.15) is 0 Å². The SMILES string of the molecule is CC(C)NC[C@H](O)COc1ccccc1-c1ccccc1. The summed E-state index contributed by atoms with van der Waals surface area (Å²) in [4.78, 5) is 0. The molecule has 0 saturated heterocycles. The van der Waals surface area contributed by atoms with Crippen LogP contribution in [-0.4, -0.2) is 30.4 Å². The first-order chi connectivity index (χ1) is 10.2. The maximum atomic E-state index is 9.93. The second-order valence-corrected chi connectivity index (χ2v) is 5.39. The lowest BCUT2D eigenvalue weighted by molar-refractivity contribution is 0.105. The molecule has 0 amide bonds. The Morgan fingerprint density at radius 1 is 1.00 bits per heavy atom. The van der Waals surface area contributed by atoms with Crippen molar-refractivity contribution in [3.8, 4) is 16.9 Å². The van der Waals surface area contributed by atoms with Gasteiger partial charge in [0, 0.05) is 18.2 Å². The fourth-order valence-corrected chi connectivity index (χ4v) is 2.07. The molecule has 0 spiro atoms. The maximum absolute atomic E-state index is 9.93. The van der Waals surface area contributed by atoms with Crippen LogP contribution in [0.3, 0.4) is 0 Å². The monoisotopic (exact) mass is 285 g/mol. The number of para-hydroxylation sites is 1. The van der Waals surface area contributed by atoms with Crippen LogP contribution >= 0.6 is 0 Å². The molecule has 0 bridgehead atoms. The molecule has 0 aliphatic heterocycles. The number of hydrogen-bond acceptors (Lipinski definition) is 3. The number of hydrogen-bond donors (Lipinski definition) is 2. The smallest absolute Gasteiger partial charge is 0.127 e. The summed E-state index contributed by atoms with van der Waals surface area (Å²) >= 11 is 0. The highest BCUT2D eigenvalue weighted by molar-refractivity contribution is 5.70. The van der Waals surface area contributed by atoms with E-state index in [9.17, 15) is 5.11 Å². The average molecular weight is 285 g/mol. The van der Waals surface area contributed by atoms with Gasteiger partial charge in [0.2, 0.25) is 0 Å². The highest BCUT2D eigenvalue weighted by atomic mass is 16.5. The predicted octanol–water partition coefficient (Wildman–Crippen LogP) is 3.09. The zero-order valence-corrected chi connectivity index (χ0v) is 12.6. The molecule has 21 heavy (non-hydrogen) atoms. The Morgan fingerprint density at radius 2 is 1.67 bits per heavy atom. The Hall–Kier alpha value is -1.84. The van der Waals surface area contributed by atoms with Crippen LogP contribution in [0.5, 0.6) is 5.75 Å². The molecule has 3 nitrogen and oxygen atoms in total. The van der Waals surface area contributed by atoms with Crippen LogP contribution in [0.4, 0.5) is 0 Å². The van der Waals surface area contributed by atoms with Crippen LogP contribution in [0.25, 0.3) is 11.1 Å². The normalized spacial score (nSPS) is 12.4. The van der Waals surface area contributed by atoms with Crippen LogP contribution in [0.1, 0.15) is 13.8 Å². The van der Waals surface area contributed by atoms with Crippen molar-refractivity contribution in [2.45, 2.75) is 26.0 Å². The Kier molecular flexibility index (Phi) is 5.78. The van der Waals surface area contributed by atoms with E-state index in [2.05, 4.69) is 31.3 Å². The summed E-state index contributed by atoms with van der Waals surface area (Å²) in [5.74, 6) is 0.798. The van der Waals surface area contributed by atoms with E-state index in [0.717, 1.165) is 16.9 Å². The molecule has 0 saturated carbocycles. The highest BCUT2D eigenvalue weighted by Gasteiger charge is 2.09. The molecule has 0 aliphatic carbocycles. The fourth-order valence-electron chi connectivity index (χ4n) is 2.07. The largest absolute Gasteiger partial charge is 0.490 e. The average Bonchev–Trinajstić information content (AvgIpc) is 2.52. The van der Waals surface area contributed by atoms with Crippen LogP contribution in [0.2, 0.25) is 0 Å². The van der Waals surface area contributed by atoms with Gasteiger partial charge in [-0.25, -0.2) is 0 Å². The maximum Gasteiger partial charge on any atom is 0.127 e. The van der Waals surface area contributed by atoms with Gasteiger partial charge in [0.15, 0.2) is 0 Å². The molecule has 0 heterocycles. The van der Waals surface area contributed by atoms with Crippen LogP contribution in [0.15, 0.2) is 54.6 Å². The standard InChI is InChI=1S/C18H23NO2/c1-14(2)19-12-16(20)13-21-18-11-7-6-10-17(18)15-8-4-3-5-9-15/h3-11,14,16,19-20H,12-13H2,1-2H3/t16-/m0/s1. The minimum Gasteiger partial charge on any atom is -0.490 e. The Labute approximate surface area is 126 Å². The van der Waals surface area contributed by atoms with Crippen molar-refractivity contribution in [3.63, 3.8) is 0 Å². The lowest BCUT2D eigenvalue weighted by Gasteiger charge is -2.16. The third-order valence-electron chi connectivity index (χ3n) is 3.16. The van der Waals surface area contributed by atoms with Gasteiger partial charge >= 0.3 is 0 Å². The number of rotatable bonds is 7. The molecule has 0 aromatic heterocycles. The van der Waals surface area contributed by atoms with Crippen molar-refractivity contribution in [2.24, 2.45) is 0 Å². The molecule has 0 fully saturated rings. The summed E-state index contributed by atoms with van der Waals surface area (Å²) in [6, 6.07) is 18.4. The third kappa shape index (κ3) is 4.88. The third-order valence-corrected chi connectivity index (χ3v) is 3.16. The van der Waals surface area contributed by atoms with E-state index in [1.54, 1.807) is 0 Å². The molecule has 1 atom stereocenters. The fraction of sp³-hybridized carbons (Fsp3) is 0.333. The number of ether oxygens (including phenoxy) is 1. The van der Waals surface area contributed by atoms with E-state index in [1.807, 2.05) is 42.5 Å². The Balaban J connectivity index is 2.01. The van der Waals surface area contributed by atoms with Gasteiger partial charge < -0.3 is 15.2 Å². The quantitative estimate of drug-likeness (QED) is 0.821. The Morgan fingerprint density at radius 3 is 2.38 bits per heavy atom. The summed E-state index contributed by atoms with van der Waals surface area (Å²) in [5.41, 5.74) is 2.16. The van der Waals surface area contributed by atoms with Crippen molar-refractivity contribution in [1.29, 1.82) is 0 Å². The topological polar surface area (TPSA) is 41.5 Å². The zero-order chi connectivity index (χ0) is 15.1.